The van der Waals surface area contributed by atoms with Crippen molar-refractivity contribution in [2.45, 2.75) is 18.8 Å². The van der Waals surface area contributed by atoms with Gasteiger partial charge in [-0.15, -0.1) is 0 Å². The Morgan fingerprint density at radius 2 is 2.00 bits per heavy atom. The van der Waals surface area contributed by atoms with Crippen LogP contribution in [0.1, 0.15) is 34.9 Å². The second kappa shape index (κ2) is 4.94. The minimum absolute atomic E-state index is 0.139. The highest BCUT2D eigenvalue weighted by Gasteiger charge is 2.28. The van der Waals surface area contributed by atoms with Gasteiger partial charge in [-0.1, -0.05) is 0 Å². The van der Waals surface area contributed by atoms with E-state index in [0.29, 0.717) is 11.5 Å². The number of hydrogen-bond acceptors (Lipinski definition) is 3. The number of nitrogens with one attached hydrogen (secondary N) is 1. The first-order chi connectivity index (χ1) is 10.7. The Labute approximate surface area is 128 Å². The van der Waals surface area contributed by atoms with Crippen molar-refractivity contribution in [3.05, 3.63) is 54.1 Å². The highest BCUT2D eigenvalue weighted by molar-refractivity contribution is 6.04. The number of aryl methyl sites for hydroxylation is 1. The lowest BCUT2D eigenvalue weighted by Gasteiger charge is -2.05. The summed E-state index contributed by atoms with van der Waals surface area (Å²) in [6.45, 7) is 0. The molecule has 1 amide bonds. The number of fused-ring (bicyclic) bond motifs is 1. The van der Waals surface area contributed by atoms with Gasteiger partial charge < -0.3 is 9.88 Å². The van der Waals surface area contributed by atoms with E-state index in [4.69, 9.17) is 4.98 Å². The summed E-state index contributed by atoms with van der Waals surface area (Å²) in [5.41, 5.74) is 3.38. The molecule has 0 radical (unpaired) electrons. The van der Waals surface area contributed by atoms with Gasteiger partial charge in [0.1, 0.15) is 5.82 Å². The Morgan fingerprint density at radius 3 is 2.73 bits per heavy atom. The topological polar surface area (TPSA) is 59.8 Å². The maximum Gasteiger partial charge on any atom is 0.255 e. The predicted molar refractivity (Wildman–Crippen MR) is 84.9 cm³/mol. The third kappa shape index (κ3) is 2.24. The van der Waals surface area contributed by atoms with Gasteiger partial charge in [0.2, 0.25) is 0 Å². The van der Waals surface area contributed by atoms with Gasteiger partial charge in [0.25, 0.3) is 5.91 Å². The summed E-state index contributed by atoms with van der Waals surface area (Å²) in [5.74, 6) is 1.61. The van der Waals surface area contributed by atoms with Crippen LogP contribution in [0.25, 0.3) is 11.0 Å². The van der Waals surface area contributed by atoms with Crippen LogP contribution in [0.5, 0.6) is 0 Å². The van der Waals surface area contributed by atoms with Crippen LogP contribution < -0.4 is 5.32 Å². The largest absolute Gasteiger partial charge is 0.331 e. The fraction of sp³-hybridized carbons (Fsp3) is 0.235. The van der Waals surface area contributed by atoms with Crippen molar-refractivity contribution in [2.75, 3.05) is 5.32 Å². The molecule has 22 heavy (non-hydrogen) atoms. The SMILES string of the molecule is Cn1c(C2CC2)nc2cc(NC(=O)c3ccncc3)ccc21. The Morgan fingerprint density at radius 1 is 1.23 bits per heavy atom. The van der Waals surface area contributed by atoms with Crippen LogP contribution in [-0.4, -0.2) is 20.4 Å². The number of rotatable bonds is 3. The van der Waals surface area contributed by atoms with Crippen LogP contribution in [-0.2, 0) is 7.05 Å². The number of anilines is 1. The Balaban J connectivity index is 1.64. The Kier molecular flexibility index (Phi) is 2.92. The molecule has 5 heteroatoms. The molecule has 0 atom stereocenters. The van der Waals surface area contributed by atoms with E-state index in [1.807, 2.05) is 18.2 Å². The van der Waals surface area contributed by atoms with Crippen LogP contribution in [0.15, 0.2) is 42.7 Å². The van der Waals surface area contributed by atoms with Crippen molar-refractivity contribution in [3.8, 4) is 0 Å². The summed E-state index contributed by atoms with van der Waals surface area (Å²) in [5, 5.41) is 2.91. The van der Waals surface area contributed by atoms with Gasteiger partial charge in [-0.05, 0) is 43.2 Å². The van der Waals surface area contributed by atoms with E-state index < -0.39 is 0 Å². The highest BCUT2D eigenvalue weighted by atomic mass is 16.1. The van der Waals surface area contributed by atoms with Crippen molar-refractivity contribution in [3.63, 3.8) is 0 Å². The number of carbonyl (C=O) groups is 1. The minimum atomic E-state index is -0.139. The molecular formula is C17H16N4O. The third-order valence-corrected chi connectivity index (χ3v) is 4.06. The first-order valence-corrected chi connectivity index (χ1v) is 7.40. The zero-order chi connectivity index (χ0) is 15.1. The summed E-state index contributed by atoms with van der Waals surface area (Å²) in [4.78, 5) is 20.8. The van der Waals surface area contributed by atoms with Crippen molar-refractivity contribution in [2.24, 2.45) is 7.05 Å². The molecule has 1 fully saturated rings. The quantitative estimate of drug-likeness (QED) is 0.807. The average molecular weight is 292 g/mol. The number of carbonyl (C=O) groups excluding carboxylic acids is 1. The number of nitrogens with zero attached hydrogens (tertiary/aromatic N) is 3. The van der Waals surface area contributed by atoms with Crippen molar-refractivity contribution < 1.29 is 4.79 Å². The van der Waals surface area contributed by atoms with Gasteiger partial charge in [0, 0.05) is 36.6 Å². The number of pyridine rings is 1. The van der Waals surface area contributed by atoms with Crippen molar-refractivity contribution in [1.82, 2.24) is 14.5 Å². The summed E-state index contributed by atoms with van der Waals surface area (Å²) in [7, 11) is 2.05. The molecule has 4 rings (SSSR count). The lowest BCUT2D eigenvalue weighted by molar-refractivity contribution is 0.102. The summed E-state index contributed by atoms with van der Waals surface area (Å²) >= 11 is 0. The molecular weight excluding hydrogens is 276 g/mol. The van der Waals surface area contributed by atoms with E-state index in [2.05, 4.69) is 21.9 Å². The minimum Gasteiger partial charge on any atom is -0.331 e. The molecule has 3 aromatic rings. The first-order valence-electron chi connectivity index (χ1n) is 7.40. The summed E-state index contributed by atoms with van der Waals surface area (Å²) < 4.78 is 2.15. The predicted octanol–water partition coefficient (Wildman–Crippen LogP) is 3.10. The fourth-order valence-corrected chi connectivity index (χ4v) is 2.71. The van der Waals surface area contributed by atoms with E-state index in [1.165, 1.54) is 12.8 Å². The smallest absolute Gasteiger partial charge is 0.255 e. The van der Waals surface area contributed by atoms with E-state index in [-0.39, 0.29) is 5.91 Å². The standard InChI is InChI=1S/C17H16N4O/c1-21-15-5-4-13(10-14(15)20-16(21)11-2-3-11)19-17(22)12-6-8-18-9-7-12/h4-11H,2-3H2,1H3,(H,19,22). The molecule has 2 aromatic heterocycles. The summed E-state index contributed by atoms with van der Waals surface area (Å²) in [6.07, 6.45) is 5.67. The maximum absolute atomic E-state index is 12.2. The van der Waals surface area contributed by atoms with E-state index >= 15 is 0 Å². The lowest BCUT2D eigenvalue weighted by atomic mass is 10.2. The molecule has 1 aliphatic carbocycles. The van der Waals surface area contributed by atoms with Gasteiger partial charge in [-0.3, -0.25) is 9.78 Å². The monoisotopic (exact) mass is 292 g/mol. The van der Waals surface area contributed by atoms with Gasteiger partial charge in [0.05, 0.1) is 11.0 Å². The number of imidazole rings is 1. The zero-order valence-corrected chi connectivity index (χ0v) is 12.3. The number of benzene rings is 1. The maximum atomic E-state index is 12.2. The van der Waals surface area contributed by atoms with E-state index in [0.717, 1.165) is 22.5 Å². The molecule has 1 aliphatic rings. The second-order valence-corrected chi connectivity index (χ2v) is 5.70. The van der Waals surface area contributed by atoms with Gasteiger partial charge in [0.15, 0.2) is 0 Å². The van der Waals surface area contributed by atoms with Crippen LogP contribution in [0.2, 0.25) is 0 Å². The van der Waals surface area contributed by atoms with Crippen molar-refractivity contribution >= 4 is 22.6 Å². The number of hydrogen-bond donors (Lipinski definition) is 1. The normalized spacial score (nSPS) is 14.2. The van der Waals surface area contributed by atoms with Gasteiger partial charge in [-0.25, -0.2) is 4.98 Å². The number of aromatic nitrogens is 3. The van der Waals surface area contributed by atoms with E-state index in [1.54, 1.807) is 24.5 Å². The van der Waals surface area contributed by atoms with Gasteiger partial charge in [-0.2, -0.15) is 0 Å². The molecule has 0 aliphatic heterocycles. The zero-order valence-electron chi connectivity index (χ0n) is 12.3. The first kappa shape index (κ1) is 13.0. The molecule has 0 bridgehead atoms. The molecule has 2 heterocycles. The molecule has 0 unspecified atom stereocenters. The Hall–Kier alpha value is -2.69. The highest BCUT2D eigenvalue weighted by Crippen LogP contribution is 2.40. The fourth-order valence-electron chi connectivity index (χ4n) is 2.71. The molecule has 1 N–H and O–H groups in total. The van der Waals surface area contributed by atoms with Crippen LogP contribution >= 0.6 is 0 Å². The Bertz CT molecular complexity index is 850. The van der Waals surface area contributed by atoms with Crippen LogP contribution in [0, 0.1) is 0 Å². The molecule has 110 valence electrons. The lowest BCUT2D eigenvalue weighted by Crippen LogP contribution is -2.11. The molecule has 0 spiro atoms. The van der Waals surface area contributed by atoms with Crippen LogP contribution in [0.4, 0.5) is 5.69 Å². The van der Waals surface area contributed by atoms with Crippen LogP contribution in [0.3, 0.4) is 0 Å². The number of amides is 1. The molecule has 1 aromatic carbocycles. The third-order valence-electron chi connectivity index (χ3n) is 4.06. The molecule has 0 saturated heterocycles. The van der Waals surface area contributed by atoms with Crippen molar-refractivity contribution in [1.29, 1.82) is 0 Å². The summed E-state index contributed by atoms with van der Waals surface area (Å²) in [6, 6.07) is 9.25. The molecule has 1 saturated carbocycles. The molecule has 5 nitrogen and oxygen atoms in total. The van der Waals surface area contributed by atoms with Gasteiger partial charge >= 0.3 is 0 Å². The van der Waals surface area contributed by atoms with E-state index in [9.17, 15) is 4.79 Å². The average Bonchev–Trinajstić information content (AvgIpc) is 3.33. The second-order valence-electron chi connectivity index (χ2n) is 5.70.